The minimum absolute atomic E-state index is 0.0621. The molecule has 0 heterocycles. The van der Waals surface area contributed by atoms with Gasteiger partial charge in [0, 0.05) is 26.5 Å². The van der Waals surface area contributed by atoms with Crippen LogP contribution in [0.25, 0.3) is 0 Å². The van der Waals surface area contributed by atoms with Crippen LogP contribution in [0.4, 0.5) is 5.69 Å². The van der Waals surface area contributed by atoms with Crippen molar-refractivity contribution in [1.82, 2.24) is 5.43 Å². The summed E-state index contributed by atoms with van der Waals surface area (Å²) in [6.07, 6.45) is 0.0621. The second-order valence-corrected chi connectivity index (χ2v) is 6.76. The van der Waals surface area contributed by atoms with Crippen LogP contribution in [0.3, 0.4) is 0 Å². The van der Waals surface area contributed by atoms with Gasteiger partial charge in [-0.15, -0.1) is 0 Å². The second kappa shape index (κ2) is 8.78. The lowest BCUT2D eigenvalue weighted by atomic mass is 10.2. The molecule has 0 atom stereocenters. The lowest BCUT2D eigenvalue weighted by Gasteiger charge is -2.09. The third-order valence-corrected chi connectivity index (χ3v) is 4.35. The van der Waals surface area contributed by atoms with E-state index < -0.39 is 0 Å². The van der Waals surface area contributed by atoms with E-state index in [4.69, 9.17) is 11.6 Å². The number of anilines is 1. The topological polar surface area (TPSA) is 70.6 Å². The molecule has 0 saturated heterocycles. The maximum atomic E-state index is 12.1. The predicted octanol–water partition coefficient (Wildman–Crippen LogP) is 4.55. The Bertz CT molecular complexity index is 820. The minimum Gasteiger partial charge on any atom is -0.325 e. The molecule has 0 radical (unpaired) electrons. The number of carbonyl (C=O) groups is 2. The van der Waals surface area contributed by atoms with Crippen molar-refractivity contribution in [2.75, 3.05) is 5.32 Å². The Morgan fingerprint density at radius 2 is 1.84 bits per heavy atom. The van der Waals surface area contributed by atoms with Crippen molar-refractivity contribution in [3.8, 4) is 0 Å². The fourth-order valence-electron chi connectivity index (χ4n) is 2.02. The van der Waals surface area contributed by atoms with Gasteiger partial charge in [-0.3, -0.25) is 9.59 Å². The molecule has 0 aliphatic heterocycles. The largest absolute Gasteiger partial charge is 0.325 e. The third-order valence-electron chi connectivity index (χ3n) is 3.41. The molecule has 5 nitrogen and oxygen atoms in total. The summed E-state index contributed by atoms with van der Waals surface area (Å²) in [5.41, 5.74) is 4.87. The fourth-order valence-corrected chi connectivity index (χ4v) is 2.46. The van der Waals surface area contributed by atoms with E-state index in [9.17, 15) is 9.59 Å². The number of amides is 2. The summed E-state index contributed by atoms with van der Waals surface area (Å²) in [6, 6.07) is 12.2. The van der Waals surface area contributed by atoms with Crippen LogP contribution in [-0.4, -0.2) is 17.5 Å². The maximum absolute atomic E-state index is 12.1. The van der Waals surface area contributed by atoms with Gasteiger partial charge in [-0.1, -0.05) is 33.6 Å². The number of carbonyl (C=O) groups excluding carboxylic acids is 2. The van der Waals surface area contributed by atoms with E-state index in [1.54, 1.807) is 49.4 Å². The highest BCUT2D eigenvalue weighted by Crippen LogP contribution is 2.22. The summed E-state index contributed by atoms with van der Waals surface area (Å²) in [7, 11) is 0. The smallest absolute Gasteiger partial charge is 0.271 e. The number of halogens is 2. The number of hydrogen-bond acceptors (Lipinski definition) is 3. The molecule has 2 N–H and O–H groups in total. The molecule has 0 saturated carbocycles. The highest BCUT2D eigenvalue weighted by Gasteiger charge is 2.09. The summed E-state index contributed by atoms with van der Waals surface area (Å²) in [6.45, 7) is 3.50. The number of benzene rings is 2. The van der Waals surface area contributed by atoms with E-state index in [1.165, 1.54) is 0 Å². The number of hydrazone groups is 1. The maximum Gasteiger partial charge on any atom is 0.271 e. The SMILES string of the molecule is C/C(CC(=O)Nc1cccc(Cl)c1C)=N\NC(=O)c1ccc(Br)cc1. The van der Waals surface area contributed by atoms with Gasteiger partial charge in [0.05, 0.1) is 6.42 Å². The Morgan fingerprint density at radius 3 is 2.52 bits per heavy atom. The van der Waals surface area contributed by atoms with Crippen LogP contribution < -0.4 is 10.7 Å². The van der Waals surface area contributed by atoms with Crippen molar-refractivity contribution in [3.05, 3.63) is 63.1 Å². The van der Waals surface area contributed by atoms with Crippen LogP contribution >= 0.6 is 27.5 Å². The van der Waals surface area contributed by atoms with Crippen molar-refractivity contribution >= 4 is 50.7 Å². The summed E-state index contributed by atoms with van der Waals surface area (Å²) < 4.78 is 0.886. The van der Waals surface area contributed by atoms with Crippen LogP contribution in [0, 0.1) is 6.92 Å². The molecule has 0 aliphatic rings. The fraction of sp³-hybridized carbons (Fsp3) is 0.167. The number of nitrogens with zero attached hydrogens (tertiary/aromatic N) is 1. The average Bonchev–Trinajstić information content (AvgIpc) is 2.57. The van der Waals surface area contributed by atoms with E-state index in [1.807, 2.05) is 6.92 Å². The predicted molar refractivity (Wildman–Crippen MR) is 104 cm³/mol. The zero-order valence-electron chi connectivity index (χ0n) is 13.8. The van der Waals surface area contributed by atoms with Crippen molar-refractivity contribution in [3.63, 3.8) is 0 Å². The molecule has 0 spiro atoms. The summed E-state index contributed by atoms with van der Waals surface area (Å²) in [4.78, 5) is 24.1. The summed E-state index contributed by atoms with van der Waals surface area (Å²) >= 11 is 9.34. The van der Waals surface area contributed by atoms with E-state index in [-0.39, 0.29) is 18.2 Å². The monoisotopic (exact) mass is 421 g/mol. The van der Waals surface area contributed by atoms with E-state index in [0.717, 1.165) is 10.0 Å². The molecule has 2 aromatic rings. The zero-order chi connectivity index (χ0) is 18.4. The average molecular weight is 423 g/mol. The first-order valence-corrected chi connectivity index (χ1v) is 8.68. The van der Waals surface area contributed by atoms with Gasteiger partial charge in [0.25, 0.3) is 5.91 Å². The van der Waals surface area contributed by atoms with Crippen LogP contribution in [0.1, 0.15) is 29.3 Å². The Morgan fingerprint density at radius 1 is 1.16 bits per heavy atom. The van der Waals surface area contributed by atoms with Crippen LogP contribution in [-0.2, 0) is 4.79 Å². The molecule has 0 aromatic heterocycles. The Kier molecular flexibility index (Phi) is 6.73. The number of nitrogens with one attached hydrogen (secondary N) is 2. The molecule has 2 rings (SSSR count). The van der Waals surface area contributed by atoms with Crippen molar-refractivity contribution < 1.29 is 9.59 Å². The summed E-state index contributed by atoms with van der Waals surface area (Å²) in [5, 5.41) is 7.34. The molecule has 2 amide bonds. The second-order valence-electron chi connectivity index (χ2n) is 5.43. The third kappa shape index (κ3) is 5.69. The van der Waals surface area contributed by atoms with Crippen LogP contribution in [0.2, 0.25) is 5.02 Å². The van der Waals surface area contributed by atoms with E-state index >= 15 is 0 Å². The molecule has 2 aromatic carbocycles. The first-order valence-electron chi connectivity index (χ1n) is 7.51. The molecule has 25 heavy (non-hydrogen) atoms. The molecule has 7 heteroatoms. The lowest BCUT2D eigenvalue weighted by molar-refractivity contribution is -0.115. The highest BCUT2D eigenvalue weighted by molar-refractivity contribution is 9.10. The minimum atomic E-state index is -0.335. The summed E-state index contributed by atoms with van der Waals surface area (Å²) in [5.74, 6) is -0.567. The molecule has 0 unspecified atom stereocenters. The molecule has 0 aliphatic carbocycles. The van der Waals surface area contributed by atoms with Gasteiger partial charge < -0.3 is 5.32 Å². The van der Waals surface area contributed by atoms with Crippen molar-refractivity contribution in [1.29, 1.82) is 0 Å². The van der Waals surface area contributed by atoms with Gasteiger partial charge in [0.2, 0.25) is 5.91 Å². The van der Waals surface area contributed by atoms with Gasteiger partial charge >= 0.3 is 0 Å². The van der Waals surface area contributed by atoms with Crippen LogP contribution in [0.15, 0.2) is 52.0 Å². The highest BCUT2D eigenvalue weighted by atomic mass is 79.9. The van der Waals surface area contributed by atoms with Gasteiger partial charge in [-0.25, -0.2) is 5.43 Å². The number of hydrogen-bond donors (Lipinski definition) is 2. The molecule has 130 valence electrons. The number of rotatable bonds is 5. The first kappa shape index (κ1) is 19.1. The quantitative estimate of drug-likeness (QED) is 0.548. The zero-order valence-corrected chi connectivity index (χ0v) is 16.1. The van der Waals surface area contributed by atoms with Crippen LogP contribution in [0.5, 0.6) is 0 Å². The molecular formula is C18H17BrClN3O2. The Balaban J connectivity index is 1.92. The standard InChI is InChI=1S/C18H17BrClN3O2/c1-11(22-23-18(25)13-6-8-14(19)9-7-13)10-17(24)21-16-5-3-4-15(20)12(16)2/h3-9H,10H2,1-2H3,(H,21,24)(H,23,25)/b22-11+. The Hall–Kier alpha value is -2.18. The van der Waals surface area contributed by atoms with Gasteiger partial charge in [0.15, 0.2) is 0 Å². The van der Waals surface area contributed by atoms with Crippen molar-refractivity contribution in [2.24, 2.45) is 5.10 Å². The van der Waals surface area contributed by atoms with Gasteiger partial charge in [-0.2, -0.15) is 5.10 Å². The van der Waals surface area contributed by atoms with Crippen molar-refractivity contribution in [2.45, 2.75) is 20.3 Å². The first-order chi connectivity index (χ1) is 11.9. The lowest BCUT2D eigenvalue weighted by Crippen LogP contribution is -2.21. The molecule has 0 bridgehead atoms. The molecular weight excluding hydrogens is 406 g/mol. The van der Waals surface area contributed by atoms with E-state index in [0.29, 0.717) is 22.0 Å². The van der Waals surface area contributed by atoms with E-state index in [2.05, 4.69) is 31.8 Å². The van der Waals surface area contributed by atoms with Gasteiger partial charge in [-0.05, 0) is 55.8 Å². The molecule has 0 fully saturated rings. The normalized spacial score (nSPS) is 11.1. The van der Waals surface area contributed by atoms with Gasteiger partial charge in [0.1, 0.15) is 0 Å². The Labute approximate surface area is 159 Å².